The van der Waals surface area contributed by atoms with Crippen molar-refractivity contribution in [3.63, 3.8) is 0 Å². The molecule has 1 aromatic heterocycles. The summed E-state index contributed by atoms with van der Waals surface area (Å²) < 4.78 is 1.80. The van der Waals surface area contributed by atoms with Gasteiger partial charge in [0.15, 0.2) is 5.16 Å². The molecule has 0 radical (unpaired) electrons. The summed E-state index contributed by atoms with van der Waals surface area (Å²) in [5, 5.41) is 4.91. The van der Waals surface area contributed by atoms with E-state index in [1.165, 1.54) is 12.5 Å². The number of aromatic nitrogens is 3. The van der Waals surface area contributed by atoms with Crippen molar-refractivity contribution in [3.05, 3.63) is 0 Å². The van der Waals surface area contributed by atoms with Crippen LogP contribution in [0.2, 0.25) is 0 Å². The highest BCUT2D eigenvalue weighted by Crippen LogP contribution is 2.23. The fraction of sp³-hybridized carbons (Fsp3) is 0.571. The Labute approximate surface area is 79.3 Å². The Morgan fingerprint density at radius 3 is 3.31 bits per heavy atom. The standard InChI is InChI=1S/C7H8N4OS/c12-5-8-6-9-7-11(10-6)3-1-2-4-13-7/h1-4H2. The molecule has 6 heteroatoms. The molecular weight excluding hydrogens is 188 g/mol. The van der Waals surface area contributed by atoms with Gasteiger partial charge >= 0.3 is 0 Å². The minimum absolute atomic E-state index is 0.222. The lowest BCUT2D eigenvalue weighted by Crippen LogP contribution is -1.98. The number of fused-ring (bicyclic) bond motifs is 1. The maximum absolute atomic E-state index is 9.97. The van der Waals surface area contributed by atoms with Gasteiger partial charge in [-0.2, -0.15) is 4.98 Å². The van der Waals surface area contributed by atoms with Crippen LogP contribution >= 0.6 is 11.8 Å². The summed E-state index contributed by atoms with van der Waals surface area (Å²) in [7, 11) is 0. The molecular formula is C7H8N4OS. The minimum Gasteiger partial charge on any atom is -0.239 e. The van der Waals surface area contributed by atoms with E-state index < -0.39 is 0 Å². The topological polar surface area (TPSA) is 60.1 Å². The van der Waals surface area contributed by atoms with E-state index in [2.05, 4.69) is 15.1 Å². The van der Waals surface area contributed by atoms with E-state index in [-0.39, 0.29) is 5.95 Å². The Hall–Kier alpha value is -1.13. The summed E-state index contributed by atoms with van der Waals surface area (Å²) in [5.41, 5.74) is 0. The van der Waals surface area contributed by atoms with Crippen LogP contribution in [-0.4, -0.2) is 26.6 Å². The smallest absolute Gasteiger partial charge is 0.239 e. The summed E-state index contributed by atoms with van der Waals surface area (Å²) in [6, 6.07) is 0. The van der Waals surface area contributed by atoms with E-state index in [0.29, 0.717) is 0 Å². The van der Waals surface area contributed by atoms with Gasteiger partial charge in [-0.15, -0.1) is 10.1 Å². The molecule has 0 spiro atoms. The van der Waals surface area contributed by atoms with E-state index in [0.717, 1.165) is 23.9 Å². The van der Waals surface area contributed by atoms with Crippen molar-refractivity contribution in [2.45, 2.75) is 24.5 Å². The van der Waals surface area contributed by atoms with Gasteiger partial charge in [-0.05, 0) is 12.8 Å². The molecule has 0 aliphatic carbocycles. The first-order valence-corrected chi connectivity index (χ1v) is 5.04. The number of aliphatic imine (C=N–C) groups is 1. The van der Waals surface area contributed by atoms with Gasteiger partial charge in [0, 0.05) is 12.3 Å². The Balaban J connectivity index is 2.32. The number of carbonyl (C=O) groups excluding carboxylic acids is 1. The summed E-state index contributed by atoms with van der Waals surface area (Å²) in [5.74, 6) is 1.28. The van der Waals surface area contributed by atoms with E-state index in [4.69, 9.17) is 0 Å². The minimum atomic E-state index is 0.222. The van der Waals surface area contributed by atoms with Crippen LogP contribution in [0, 0.1) is 0 Å². The van der Waals surface area contributed by atoms with Gasteiger partial charge in [0.05, 0.1) is 0 Å². The third kappa shape index (κ3) is 1.79. The van der Waals surface area contributed by atoms with E-state index in [1.807, 2.05) is 0 Å². The van der Waals surface area contributed by atoms with Crippen molar-refractivity contribution in [1.82, 2.24) is 14.8 Å². The van der Waals surface area contributed by atoms with Crippen molar-refractivity contribution in [3.8, 4) is 0 Å². The van der Waals surface area contributed by atoms with Gasteiger partial charge in [0.25, 0.3) is 5.95 Å². The molecule has 0 aromatic carbocycles. The van der Waals surface area contributed by atoms with Gasteiger partial charge < -0.3 is 0 Å². The zero-order chi connectivity index (χ0) is 9.10. The van der Waals surface area contributed by atoms with E-state index >= 15 is 0 Å². The molecule has 1 aromatic rings. The maximum atomic E-state index is 9.97. The Morgan fingerprint density at radius 1 is 1.54 bits per heavy atom. The average Bonchev–Trinajstić information content (AvgIpc) is 2.37. The molecule has 1 aliphatic heterocycles. The van der Waals surface area contributed by atoms with Gasteiger partial charge in [-0.1, -0.05) is 11.8 Å². The predicted octanol–water partition coefficient (Wildman–Crippen LogP) is 1.13. The molecule has 5 nitrogen and oxygen atoms in total. The molecule has 0 atom stereocenters. The Bertz CT molecular complexity index is 332. The quantitative estimate of drug-likeness (QED) is 0.499. The molecule has 0 N–H and O–H groups in total. The van der Waals surface area contributed by atoms with Crippen molar-refractivity contribution in [2.24, 2.45) is 4.99 Å². The third-order valence-electron chi connectivity index (χ3n) is 1.77. The summed E-state index contributed by atoms with van der Waals surface area (Å²) >= 11 is 1.66. The first-order chi connectivity index (χ1) is 6.40. The normalized spacial score (nSPS) is 15.7. The number of aryl methyl sites for hydroxylation is 1. The highest BCUT2D eigenvalue weighted by molar-refractivity contribution is 7.99. The zero-order valence-corrected chi connectivity index (χ0v) is 7.75. The first kappa shape index (κ1) is 8.47. The molecule has 13 heavy (non-hydrogen) atoms. The fourth-order valence-corrected chi connectivity index (χ4v) is 2.14. The van der Waals surface area contributed by atoms with E-state index in [9.17, 15) is 4.79 Å². The molecule has 0 amide bonds. The number of nitrogens with zero attached hydrogens (tertiary/aromatic N) is 4. The van der Waals surface area contributed by atoms with Crippen LogP contribution in [0.4, 0.5) is 5.95 Å². The van der Waals surface area contributed by atoms with Crippen LogP contribution in [0.1, 0.15) is 12.8 Å². The van der Waals surface area contributed by atoms with Crippen molar-refractivity contribution in [2.75, 3.05) is 5.75 Å². The highest BCUT2D eigenvalue weighted by atomic mass is 32.2. The van der Waals surface area contributed by atoms with E-state index in [1.54, 1.807) is 16.4 Å². The monoisotopic (exact) mass is 196 g/mol. The van der Waals surface area contributed by atoms with Crippen molar-refractivity contribution >= 4 is 23.8 Å². The first-order valence-electron chi connectivity index (χ1n) is 4.05. The molecule has 2 heterocycles. The van der Waals surface area contributed by atoms with Crippen LogP contribution in [0.15, 0.2) is 10.1 Å². The summed E-state index contributed by atoms with van der Waals surface area (Å²) in [4.78, 5) is 17.4. The number of hydrogen-bond donors (Lipinski definition) is 0. The largest absolute Gasteiger partial charge is 0.280 e. The summed E-state index contributed by atoms with van der Waals surface area (Å²) in [6.07, 6.45) is 3.72. The molecule has 68 valence electrons. The number of rotatable bonds is 1. The van der Waals surface area contributed by atoms with Crippen LogP contribution in [-0.2, 0) is 11.3 Å². The summed E-state index contributed by atoms with van der Waals surface area (Å²) in [6.45, 7) is 0.865. The zero-order valence-electron chi connectivity index (χ0n) is 6.93. The molecule has 0 saturated heterocycles. The second kappa shape index (κ2) is 3.72. The third-order valence-corrected chi connectivity index (χ3v) is 2.82. The van der Waals surface area contributed by atoms with Gasteiger partial charge in [-0.25, -0.2) is 9.48 Å². The fourth-order valence-electron chi connectivity index (χ4n) is 1.18. The lowest BCUT2D eigenvalue weighted by atomic mass is 10.3. The van der Waals surface area contributed by atoms with Gasteiger partial charge in [0.2, 0.25) is 6.08 Å². The van der Waals surface area contributed by atoms with Gasteiger partial charge in [-0.3, -0.25) is 0 Å². The second-order valence-corrected chi connectivity index (χ2v) is 3.74. The van der Waals surface area contributed by atoms with Gasteiger partial charge in [0.1, 0.15) is 0 Å². The Kier molecular flexibility index (Phi) is 2.42. The van der Waals surface area contributed by atoms with Crippen LogP contribution < -0.4 is 0 Å². The SMILES string of the molecule is O=C=Nc1nc2n(n1)CCCCS2. The lowest BCUT2D eigenvalue weighted by Gasteiger charge is -1.95. The number of isocyanates is 1. The molecule has 0 fully saturated rings. The van der Waals surface area contributed by atoms with Crippen molar-refractivity contribution < 1.29 is 4.79 Å². The predicted molar refractivity (Wildman–Crippen MR) is 47.8 cm³/mol. The van der Waals surface area contributed by atoms with Crippen LogP contribution in [0.25, 0.3) is 0 Å². The molecule has 0 bridgehead atoms. The molecule has 0 saturated carbocycles. The average molecular weight is 196 g/mol. The Morgan fingerprint density at radius 2 is 2.46 bits per heavy atom. The lowest BCUT2D eigenvalue weighted by molar-refractivity contribution is 0.539. The molecule has 0 unspecified atom stereocenters. The molecule has 1 aliphatic rings. The number of hydrogen-bond acceptors (Lipinski definition) is 5. The maximum Gasteiger partial charge on any atom is 0.280 e. The second-order valence-electron chi connectivity index (χ2n) is 2.68. The highest BCUT2D eigenvalue weighted by Gasteiger charge is 2.12. The molecule has 2 rings (SSSR count). The van der Waals surface area contributed by atoms with Crippen molar-refractivity contribution in [1.29, 1.82) is 0 Å². The number of thioether (sulfide) groups is 1. The van der Waals surface area contributed by atoms with Crippen LogP contribution in [0.3, 0.4) is 0 Å². The van der Waals surface area contributed by atoms with Crippen LogP contribution in [0.5, 0.6) is 0 Å².